The average Bonchev–Trinajstić information content (AvgIpc) is 2.31. The first-order chi connectivity index (χ1) is 7.40. The standard InChI is InChI=1S/C10H14N4O/c15-8-13-9-3-1-6-14(7-9)10-11-4-2-5-12-10/h2,4-5,8-9H,1,3,6-7H2,(H,13,15). The van der Waals surface area contributed by atoms with Crippen molar-refractivity contribution in [2.75, 3.05) is 18.0 Å². The lowest BCUT2D eigenvalue weighted by atomic mass is 10.1. The number of hydrogen-bond acceptors (Lipinski definition) is 4. The minimum atomic E-state index is 0.222. The summed E-state index contributed by atoms with van der Waals surface area (Å²) in [6.45, 7) is 1.75. The molecule has 1 fully saturated rings. The third kappa shape index (κ3) is 2.43. The fourth-order valence-electron chi connectivity index (χ4n) is 1.85. The molecule has 1 aliphatic rings. The number of anilines is 1. The van der Waals surface area contributed by atoms with Gasteiger partial charge in [-0.3, -0.25) is 4.79 Å². The van der Waals surface area contributed by atoms with E-state index in [9.17, 15) is 4.79 Å². The molecule has 2 heterocycles. The molecule has 15 heavy (non-hydrogen) atoms. The van der Waals surface area contributed by atoms with Gasteiger partial charge >= 0.3 is 0 Å². The molecule has 0 saturated carbocycles. The van der Waals surface area contributed by atoms with Crippen LogP contribution in [0.3, 0.4) is 0 Å². The molecule has 1 N–H and O–H groups in total. The Labute approximate surface area is 88.5 Å². The first kappa shape index (κ1) is 9.89. The summed E-state index contributed by atoms with van der Waals surface area (Å²) in [6, 6.07) is 2.02. The molecular formula is C10H14N4O. The predicted molar refractivity (Wildman–Crippen MR) is 56.5 cm³/mol. The van der Waals surface area contributed by atoms with E-state index in [2.05, 4.69) is 20.2 Å². The first-order valence-corrected chi connectivity index (χ1v) is 5.12. The summed E-state index contributed by atoms with van der Waals surface area (Å²) < 4.78 is 0. The van der Waals surface area contributed by atoms with E-state index in [4.69, 9.17) is 0 Å². The molecule has 1 aliphatic heterocycles. The van der Waals surface area contributed by atoms with Crippen molar-refractivity contribution < 1.29 is 4.79 Å². The van der Waals surface area contributed by atoms with E-state index in [0.717, 1.165) is 38.3 Å². The molecular weight excluding hydrogens is 192 g/mol. The predicted octanol–water partition coefficient (Wildman–Crippen LogP) is 0.191. The van der Waals surface area contributed by atoms with Gasteiger partial charge in [0, 0.05) is 31.5 Å². The smallest absolute Gasteiger partial charge is 0.225 e. The number of carbonyl (C=O) groups excluding carboxylic acids is 1. The lowest BCUT2D eigenvalue weighted by Gasteiger charge is -2.32. The quantitative estimate of drug-likeness (QED) is 0.717. The molecule has 1 amide bonds. The largest absolute Gasteiger partial charge is 0.354 e. The summed E-state index contributed by atoms with van der Waals surface area (Å²) in [5, 5.41) is 2.81. The van der Waals surface area contributed by atoms with Crippen molar-refractivity contribution in [2.45, 2.75) is 18.9 Å². The average molecular weight is 206 g/mol. The van der Waals surface area contributed by atoms with Crippen LogP contribution < -0.4 is 10.2 Å². The highest BCUT2D eigenvalue weighted by atomic mass is 16.1. The summed E-state index contributed by atoms with van der Waals surface area (Å²) in [5.74, 6) is 0.745. The third-order valence-corrected chi connectivity index (χ3v) is 2.56. The van der Waals surface area contributed by atoms with Gasteiger partial charge in [-0.05, 0) is 18.9 Å². The zero-order chi connectivity index (χ0) is 10.5. The van der Waals surface area contributed by atoms with Crippen LogP contribution in [-0.2, 0) is 4.79 Å². The van der Waals surface area contributed by atoms with Gasteiger partial charge in [0.25, 0.3) is 0 Å². The second kappa shape index (κ2) is 4.72. The van der Waals surface area contributed by atoms with Crippen molar-refractivity contribution in [2.24, 2.45) is 0 Å². The van der Waals surface area contributed by atoms with Crippen molar-refractivity contribution in [1.82, 2.24) is 15.3 Å². The number of nitrogens with one attached hydrogen (secondary N) is 1. The molecule has 0 bridgehead atoms. The molecule has 2 rings (SSSR count). The van der Waals surface area contributed by atoms with Crippen LogP contribution in [0.25, 0.3) is 0 Å². The second-order valence-corrected chi connectivity index (χ2v) is 3.62. The Hall–Kier alpha value is -1.65. The zero-order valence-electron chi connectivity index (χ0n) is 8.47. The van der Waals surface area contributed by atoms with Crippen molar-refractivity contribution in [3.8, 4) is 0 Å². The first-order valence-electron chi connectivity index (χ1n) is 5.12. The maximum absolute atomic E-state index is 10.4. The minimum Gasteiger partial charge on any atom is -0.354 e. The van der Waals surface area contributed by atoms with Crippen LogP contribution in [0.15, 0.2) is 18.5 Å². The van der Waals surface area contributed by atoms with Gasteiger partial charge in [-0.15, -0.1) is 0 Å². The molecule has 0 aromatic carbocycles. The van der Waals surface area contributed by atoms with Crippen LogP contribution in [0.1, 0.15) is 12.8 Å². The number of piperidine rings is 1. The number of hydrogen-bond donors (Lipinski definition) is 1. The van der Waals surface area contributed by atoms with Crippen LogP contribution in [0.2, 0.25) is 0 Å². The highest BCUT2D eigenvalue weighted by Crippen LogP contribution is 2.14. The minimum absolute atomic E-state index is 0.222. The van der Waals surface area contributed by atoms with Gasteiger partial charge in [0.2, 0.25) is 12.4 Å². The molecule has 1 aromatic rings. The molecule has 80 valence electrons. The molecule has 5 nitrogen and oxygen atoms in total. The molecule has 5 heteroatoms. The van der Waals surface area contributed by atoms with Gasteiger partial charge < -0.3 is 10.2 Å². The lowest BCUT2D eigenvalue weighted by molar-refractivity contribution is -0.110. The number of amides is 1. The van der Waals surface area contributed by atoms with Crippen molar-refractivity contribution in [3.05, 3.63) is 18.5 Å². The topological polar surface area (TPSA) is 58.1 Å². The molecule has 1 unspecified atom stereocenters. The van der Waals surface area contributed by atoms with Crippen molar-refractivity contribution >= 4 is 12.4 Å². The van der Waals surface area contributed by atoms with E-state index >= 15 is 0 Å². The molecule has 0 aliphatic carbocycles. The Morgan fingerprint density at radius 3 is 3.00 bits per heavy atom. The van der Waals surface area contributed by atoms with Gasteiger partial charge in [0.15, 0.2) is 0 Å². The maximum Gasteiger partial charge on any atom is 0.225 e. The molecule has 0 radical (unpaired) electrons. The van der Waals surface area contributed by atoms with Gasteiger partial charge in [0.05, 0.1) is 0 Å². The van der Waals surface area contributed by atoms with Crippen LogP contribution in [0.5, 0.6) is 0 Å². The van der Waals surface area contributed by atoms with Gasteiger partial charge in [0.1, 0.15) is 0 Å². The summed E-state index contributed by atoms with van der Waals surface area (Å²) in [7, 11) is 0. The third-order valence-electron chi connectivity index (χ3n) is 2.56. The summed E-state index contributed by atoms with van der Waals surface area (Å²) in [5.41, 5.74) is 0. The normalized spacial score (nSPS) is 21.1. The maximum atomic E-state index is 10.4. The zero-order valence-corrected chi connectivity index (χ0v) is 8.47. The number of nitrogens with zero attached hydrogens (tertiary/aromatic N) is 3. The van der Waals surface area contributed by atoms with E-state index < -0.39 is 0 Å². The Morgan fingerprint density at radius 2 is 2.27 bits per heavy atom. The molecule has 0 spiro atoms. The monoisotopic (exact) mass is 206 g/mol. The Kier molecular flexibility index (Phi) is 3.11. The SMILES string of the molecule is O=CNC1CCCN(c2ncccn2)C1. The van der Waals surface area contributed by atoms with Gasteiger partial charge in [-0.25, -0.2) is 9.97 Å². The lowest BCUT2D eigenvalue weighted by Crippen LogP contribution is -2.45. The van der Waals surface area contributed by atoms with Crippen molar-refractivity contribution in [1.29, 1.82) is 0 Å². The Morgan fingerprint density at radius 1 is 1.47 bits per heavy atom. The number of carbonyl (C=O) groups is 1. The van der Waals surface area contributed by atoms with E-state index in [1.165, 1.54) is 0 Å². The fourth-order valence-corrected chi connectivity index (χ4v) is 1.85. The van der Waals surface area contributed by atoms with Gasteiger partial charge in [-0.1, -0.05) is 0 Å². The Bertz CT molecular complexity index is 316. The van der Waals surface area contributed by atoms with E-state index in [-0.39, 0.29) is 6.04 Å². The Balaban J connectivity index is 2.01. The van der Waals surface area contributed by atoms with Crippen LogP contribution in [0, 0.1) is 0 Å². The van der Waals surface area contributed by atoms with Crippen LogP contribution >= 0.6 is 0 Å². The summed E-state index contributed by atoms with van der Waals surface area (Å²) in [6.07, 6.45) is 6.32. The van der Waals surface area contributed by atoms with Crippen LogP contribution in [0.4, 0.5) is 5.95 Å². The van der Waals surface area contributed by atoms with Crippen LogP contribution in [-0.4, -0.2) is 35.5 Å². The van der Waals surface area contributed by atoms with E-state index in [1.807, 2.05) is 0 Å². The number of aromatic nitrogens is 2. The molecule has 1 atom stereocenters. The number of rotatable bonds is 3. The second-order valence-electron chi connectivity index (χ2n) is 3.62. The summed E-state index contributed by atoms with van der Waals surface area (Å²) in [4.78, 5) is 20.8. The van der Waals surface area contributed by atoms with E-state index in [0.29, 0.717) is 0 Å². The highest BCUT2D eigenvalue weighted by molar-refractivity contribution is 5.47. The van der Waals surface area contributed by atoms with Crippen molar-refractivity contribution in [3.63, 3.8) is 0 Å². The van der Waals surface area contributed by atoms with E-state index in [1.54, 1.807) is 18.5 Å². The molecule has 1 saturated heterocycles. The molecule has 1 aromatic heterocycles. The van der Waals surface area contributed by atoms with Gasteiger partial charge in [-0.2, -0.15) is 0 Å². The fraction of sp³-hybridized carbons (Fsp3) is 0.500. The highest BCUT2D eigenvalue weighted by Gasteiger charge is 2.20. The summed E-state index contributed by atoms with van der Waals surface area (Å²) >= 11 is 0.